The number of aromatic hydroxyl groups is 1. The maximum absolute atomic E-state index is 14.5. The van der Waals surface area contributed by atoms with Crippen molar-refractivity contribution >= 4 is 17.9 Å². The number of phenols is 1. The summed E-state index contributed by atoms with van der Waals surface area (Å²) in [7, 11) is 0. The highest BCUT2D eigenvalue weighted by atomic mass is 16.6. The number of para-hydroxylation sites is 1. The first-order valence-electron chi connectivity index (χ1n) is 14.7. The molecule has 3 amide bonds. The van der Waals surface area contributed by atoms with Gasteiger partial charge in [-0.3, -0.25) is 9.59 Å². The molecule has 0 saturated carbocycles. The highest BCUT2D eigenvalue weighted by Gasteiger charge is 2.38. The fraction of sp³-hybridized carbons (Fsp3) is 0.545. The van der Waals surface area contributed by atoms with Gasteiger partial charge in [0, 0.05) is 24.1 Å². The van der Waals surface area contributed by atoms with Gasteiger partial charge in [0.25, 0.3) is 0 Å². The molecular weight excluding hydrogens is 518 g/mol. The second-order valence-electron chi connectivity index (χ2n) is 12.5. The molecule has 41 heavy (non-hydrogen) atoms. The summed E-state index contributed by atoms with van der Waals surface area (Å²) < 4.78 is 5.50. The first kappa shape index (κ1) is 33.7. The van der Waals surface area contributed by atoms with Crippen molar-refractivity contribution in [1.82, 2.24) is 15.5 Å². The molecule has 2 rings (SSSR count). The lowest BCUT2D eigenvalue weighted by molar-refractivity contribution is -0.143. The standard InChI is InChI=1S/C33H49N3O5/c1-8-9-10-11-17-22-36(28(29(38)35-32(2,3)4)25-20-15-16-21-27(25)37)30(39)26(23-24-18-13-12-14-19-24)34-31(40)41-33(5,6)7/h12-16,18-21,26,28,37H,8-11,17,22-23H2,1-7H3,(H,34,40)(H,35,38). The van der Waals surface area contributed by atoms with Crippen molar-refractivity contribution in [3.05, 3.63) is 65.7 Å². The van der Waals surface area contributed by atoms with E-state index in [0.29, 0.717) is 12.0 Å². The highest BCUT2D eigenvalue weighted by molar-refractivity contribution is 5.93. The maximum Gasteiger partial charge on any atom is 0.408 e. The second kappa shape index (κ2) is 15.5. The van der Waals surface area contributed by atoms with Crippen LogP contribution in [0.2, 0.25) is 0 Å². The minimum absolute atomic E-state index is 0.0787. The third-order valence-electron chi connectivity index (χ3n) is 6.35. The molecule has 0 fully saturated rings. The van der Waals surface area contributed by atoms with Crippen molar-refractivity contribution < 1.29 is 24.2 Å². The molecule has 2 unspecified atom stereocenters. The van der Waals surface area contributed by atoms with Gasteiger partial charge < -0.3 is 25.4 Å². The lowest BCUT2D eigenvalue weighted by Crippen LogP contribution is -2.55. The predicted molar refractivity (Wildman–Crippen MR) is 163 cm³/mol. The quantitative estimate of drug-likeness (QED) is 0.247. The van der Waals surface area contributed by atoms with E-state index in [1.54, 1.807) is 39.0 Å². The molecule has 8 heteroatoms. The van der Waals surface area contributed by atoms with Crippen molar-refractivity contribution in [2.75, 3.05) is 6.54 Å². The number of hydrogen-bond acceptors (Lipinski definition) is 5. The number of carbonyl (C=O) groups excluding carboxylic acids is 3. The van der Waals surface area contributed by atoms with Crippen molar-refractivity contribution in [3.63, 3.8) is 0 Å². The lowest BCUT2D eigenvalue weighted by Gasteiger charge is -2.36. The molecule has 0 aliphatic heterocycles. The molecule has 2 atom stereocenters. The Morgan fingerprint density at radius 2 is 1.49 bits per heavy atom. The van der Waals surface area contributed by atoms with Gasteiger partial charge in [-0.05, 0) is 59.6 Å². The molecule has 0 spiro atoms. The number of phenolic OH excluding ortho intramolecular Hbond substituents is 1. The summed E-state index contributed by atoms with van der Waals surface area (Å²) in [6.45, 7) is 13.3. The summed E-state index contributed by atoms with van der Waals surface area (Å²) in [6, 6.07) is 13.9. The van der Waals surface area contributed by atoms with E-state index in [4.69, 9.17) is 4.74 Å². The van der Waals surface area contributed by atoms with Gasteiger partial charge in [-0.1, -0.05) is 81.1 Å². The van der Waals surface area contributed by atoms with E-state index in [1.165, 1.54) is 11.0 Å². The molecule has 0 saturated heterocycles. The third kappa shape index (κ3) is 11.8. The van der Waals surface area contributed by atoms with Crippen LogP contribution in [0.15, 0.2) is 54.6 Å². The zero-order chi connectivity index (χ0) is 30.6. The van der Waals surface area contributed by atoms with Crippen LogP contribution < -0.4 is 10.6 Å². The Hall–Kier alpha value is -3.55. The Bertz CT molecular complexity index is 1120. The molecule has 0 aliphatic carbocycles. The summed E-state index contributed by atoms with van der Waals surface area (Å²) in [4.78, 5) is 42.7. The number of nitrogens with one attached hydrogen (secondary N) is 2. The maximum atomic E-state index is 14.5. The summed E-state index contributed by atoms with van der Waals surface area (Å²) in [6.07, 6.45) is 4.22. The Labute approximate surface area is 245 Å². The van der Waals surface area contributed by atoms with Crippen molar-refractivity contribution in [1.29, 1.82) is 0 Å². The molecule has 0 aromatic heterocycles. The average Bonchev–Trinajstić information content (AvgIpc) is 2.86. The van der Waals surface area contributed by atoms with Crippen LogP contribution in [-0.4, -0.2) is 51.6 Å². The van der Waals surface area contributed by atoms with Gasteiger partial charge in [0.2, 0.25) is 11.8 Å². The first-order chi connectivity index (χ1) is 19.2. The topological polar surface area (TPSA) is 108 Å². The monoisotopic (exact) mass is 567 g/mol. The van der Waals surface area contributed by atoms with E-state index >= 15 is 0 Å². The normalized spacial score (nSPS) is 13.1. The number of ether oxygens (including phenoxy) is 1. The van der Waals surface area contributed by atoms with E-state index < -0.39 is 41.1 Å². The molecule has 8 nitrogen and oxygen atoms in total. The van der Waals surface area contributed by atoms with Crippen LogP contribution in [0.5, 0.6) is 5.75 Å². The van der Waals surface area contributed by atoms with Gasteiger partial charge in [0.1, 0.15) is 23.4 Å². The van der Waals surface area contributed by atoms with Crippen LogP contribution >= 0.6 is 0 Å². The van der Waals surface area contributed by atoms with Gasteiger partial charge in [-0.25, -0.2) is 4.79 Å². The van der Waals surface area contributed by atoms with E-state index in [9.17, 15) is 19.5 Å². The minimum Gasteiger partial charge on any atom is -0.508 e. The number of benzene rings is 2. The average molecular weight is 568 g/mol. The Morgan fingerprint density at radius 3 is 2.07 bits per heavy atom. The third-order valence-corrected chi connectivity index (χ3v) is 6.35. The summed E-state index contributed by atoms with van der Waals surface area (Å²) >= 11 is 0. The molecule has 3 N–H and O–H groups in total. The van der Waals surface area contributed by atoms with Gasteiger partial charge >= 0.3 is 6.09 Å². The van der Waals surface area contributed by atoms with Crippen LogP contribution in [0, 0.1) is 0 Å². The first-order valence-corrected chi connectivity index (χ1v) is 14.7. The predicted octanol–water partition coefficient (Wildman–Crippen LogP) is 6.28. The summed E-state index contributed by atoms with van der Waals surface area (Å²) in [5, 5.41) is 16.6. The van der Waals surface area contributed by atoms with Crippen LogP contribution in [0.1, 0.15) is 97.7 Å². The molecular formula is C33H49N3O5. The van der Waals surface area contributed by atoms with E-state index in [2.05, 4.69) is 17.6 Å². The minimum atomic E-state index is -1.10. The van der Waals surface area contributed by atoms with Gasteiger partial charge in [-0.15, -0.1) is 0 Å². The lowest BCUT2D eigenvalue weighted by atomic mass is 9.98. The zero-order valence-electron chi connectivity index (χ0n) is 25.8. The number of carbonyl (C=O) groups is 3. The van der Waals surface area contributed by atoms with Gasteiger partial charge in [-0.2, -0.15) is 0 Å². The second-order valence-corrected chi connectivity index (χ2v) is 12.5. The summed E-state index contributed by atoms with van der Waals surface area (Å²) in [5.74, 6) is -0.908. The van der Waals surface area contributed by atoms with Crippen LogP contribution in [-0.2, 0) is 20.7 Å². The van der Waals surface area contributed by atoms with Gasteiger partial charge in [0.05, 0.1) is 0 Å². The molecule has 0 bridgehead atoms. The molecule has 0 radical (unpaired) electrons. The number of unbranched alkanes of at least 4 members (excludes halogenated alkanes) is 4. The molecule has 2 aromatic rings. The summed E-state index contributed by atoms with van der Waals surface area (Å²) in [5.41, 5.74) is -0.155. The van der Waals surface area contributed by atoms with E-state index in [-0.39, 0.29) is 18.7 Å². The number of hydrogen-bond donors (Lipinski definition) is 3. The Morgan fingerprint density at radius 1 is 0.878 bits per heavy atom. The van der Waals surface area contributed by atoms with Crippen LogP contribution in [0.4, 0.5) is 4.79 Å². The Balaban J connectivity index is 2.57. The fourth-order valence-electron chi connectivity index (χ4n) is 4.56. The molecule has 226 valence electrons. The van der Waals surface area contributed by atoms with Gasteiger partial charge in [0.15, 0.2) is 0 Å². The molecule has 0 aliphatic rings. The highest BCUT2D eigenvalue weighted by Crippen LogP contribution is 2.31. The largest absolute Gasteiger partial charge is 0.508 e. The molecule has 0 heterocycles. The van der Waals surface area contributed by atoms with Crippen molar-refractivity contribution in [2.24, 2.45) is 0 Å². The van der Waals surface area contributed by atoms with E-state index in [0.717, 1.165) is 31.2 Å². The Kier molecular flexibility index (Phi) is 12.7. The van der Waals surface area contributed by atoms with Crippen LogP contribution in [0.3, 0.4) is 0 Å². The van der Waals surface area contributed by atoms with Crippen LogP contribution in [0.25, 0.3) is 0 Å². The zero-order valence-corrected chi connectivity index (χ0v) is 25.8. The van der Waals surface area contributed by atoms with E-state index in [1.807, 2.05) is 51.1 Å². The SMILES string of the molecule is CCCCCCCN(C(=O)C(Cc1ccccc1)NC(=O)OC(C)(C)C)C(C(=O)NC(C)(C)C)c1ccccc1O. The number of alkyl carbamates (subject to hydrolysis) is 1. The van der Waals surface area contributed by atoms with Crippen molar-refractivity contribution in [3.8, 4) is 5.75 Å². The number of nitrogens with zero attached hydrogens (tertiary/aromatic N) is 1. The fourth-order valence-corrected chi connectivity index (χ4v) is 4.56. The number of amides is 3. The number of rotatable bonds is 13. The molecule has 2 aromatic carbocycles. The van der Waals surface area contributed by atoms with Crippen molar-refractivity contribution in [2.45, 2.75) is 110 Å². The smallest absolute Gasteiger partial charge is 0.408 e.